The Kier molecular flexibility index (Phi) is 5.41. The summed E-state index contributed by atoms with van der Waals surface area (Å²) in [6.45, 7) is 0. The van der Waals surface area contributed by atoms with Gasteiger partial charge in [0, 0.05) is 24.3 Å². The summed E-state index contributed by atoms with van der Waals surface area (Å²) in [5, 5.41) is 41.1. The lowest BCUT2D eigenvalue weighted by molar-refractivity contribution is -0.385. The third-order valence-electron chi connectivity index (χ3n) is 2.79. The van der Waals surface area contributed by atoms with Crippen molar-refractivity contribution < 1.29 is 9.85 Å². The van der Waals surface area contributed by atoms with E-state index in [1.807, 2.05) is 0 Å². The van der Waals surface area contributed by atoms with Gasteiger partial charge in [-0.1, -0.05) is 0 Å². The van der Waals surface area contributed by atoms with Gasteiger partial charge in [-0.05, 0) is 24.3 Å². The van der Waals surface area contributed by atoms with E-state index in [-0.39, 0.29) is 17.2 Å². The molecule has 0 radical (unpaired) electrons. The molecule has 2 aromatic rings. The molecule has 11 heteroatoms. The number of nitro groups is 2. The molecule has 0 aromatic heterocycles. The number of nitrogens with one attached hydrogen (secondary N) is 1. The molecule has 0 aliphatic heterocycles. The van der Waals surface area contributed by atoms with Crippen LogP contribution in [0, 0.1) is 31.6 Å². The summed E-state index contributed by atoms with van der Waals surface area (Å²) >= 11 is 0. The van der Waals surface area contributed by atoms with Gasteiger partial charge in [-0.2, -0.15) is 5.26 Å². The lowest BCUT2D eigenvalue weighted by Gasteiger charge is -1.99. The molecule has 0 spiro atoms. The zero-order chi connectivity index (χ0) is 18.2. The van der Waals surface area contributed by atoms with E-state index in [0.29, 0.717) is 11.4 Å². The molecule has 0 fully saturated rings. The molecule has 0 bridgehead atoms. The molecule has 124 valence electrons. The summed E-state index contributed by atoms with van der Waals surface area (Å²) in [7, 11) is 0. The Hall–Kier alpha value is -4.20. The Balaban J connectivity index is 2.05. The summed E-state index contributed by atoms with van der Waals surface area (Å²) < 4.78 is 0. The molecular weight excluding hydrogens is 330 g/mol. The van der Waals surface area contributed by atoms with Gasteiger partial charge in [0.1, 0.15) is 6.07 Å². The first-order valence-electron chi connectivity index (χ1n) is 6.64. The van der Waals surface area contributed by atoms with Crippen molar-refractivity contribution in [3.63, 3.8) is 0 Å². The van der Waals surface area contributed by atoms with Crippen molar-refractivity contribution in [3.8, 4) is 6.07 Å². The second kappa shape index (κ2) is 7.88. The zero-order valence-corrected chi connectivity index (χ0v) is 12.4. The number of rotatable bonds is 5. The highest BCUT2D eigenvalue weighted by atomic mass is 16.6. The van der Waals surface area contributed by atoms with Crippen molar-refractivity contribution in [2.75, 3.05) is 5.43 Å². The van der Waals surface area contributed by atoms with Crippen LogP contribution in [0.2, 0.25) is 0 Å². The van der Waals surface area contributed by atoms with Gasteiger partial charge in [0.05, 0.1) is 21.2 Å². The zero-order valence-electron chi connectivity index (χ0n) is 12.4. The van der Waals surface area contributed by atoms with Crippen molar-refractivity contribution in [3.05, 3.63) is 68.8 Å². The van der Waals surface area contributed by atoms with Crippen LogP contribution in [-0.2, 0) is 0 Å². The Labute approximate surface area is 140 Å². The number of nitriles is 1. The molecule has 1 N–H and O–H groups in total. The predicted molar refractivity (Wildman–Crippen MR) is 87.4 cm³/mol. The number of nitrogens with zero attached hydrogens (tertiary/aromatic N) is 6. The molecule has 0 aliphatic carbocycles. The topological polar surface area (TPSA) is 159 Å². The maximum atomic E-state index is 10.6. The molecular formula is C14H9N7O4. The van der Waals surface area contributed by atoms with Gasteiger partial charge in [-0.25, -0.2) is 0 Å². The second-order valence-corrected chi connectivity index (χ2v) is 4.44. The Bertz CT molecular complexity index is 883. The minimum atomic E-state index is -0.544. The maximum Gasteiger partial charge on any atom is 0.270 e. The monoisotopic (exact) mass is 339 g/mol. The summed E-state index contributed by atoms with van der Waals surface area (Å²) in [6, 6.07) is 12.4. The quantitative estimate of drug-likeness (QED) is 0.288. The number of non-ortho nitro benzene ring substituents is 2. The molecule has 0 saturated heterocycles. The summed E-state index contributed by atoms with van der Waals surface area (Å²) in [5.41, 5.74) is 3.09. The standard InChI is InChI=1S/C14H9N7O4/c15-9-14(18-16-10-1-5-12(6-2-10)20(22)23)19-17-11-3-7-13(8-4-11)21(24)25/h1-8,16H. The van der Waals surface area contributed by atoms with Crippen LogP contribution in [0.15, 0.2) is 63.9 Å². The van der Waals surface area contributed by atoms with E-state index in [4.69, 9.17) is 5.26 Å². The van der Waals surface area contributed by atoms with Crippen LogP contribution in [0.25, 0.3) is 0 Å². The number of hydrazone groups is 1. The van der Waals surface area contributed by atoms with Crippen LogP contribution in [0.4, 0.5) is 22.7 Å². The first-order chi connectivity index (χ1) is 12.0. The molecule has 0 heterocycles. The largest absolute Gasteiger partial charge is 0.276 e. The first-order valence-corrected chi connectivity index (χ1v) is 6.64. The van der Waals surface area contributed by atoms with E-state index in [2.05, 4.69) is 20.8 Å². The third kappa shape index (κ3) is 4.89. The average molecular weight is 339 g/mol. The van der Waals surface area contributed by atoms with Crippen LogP contribution in [0.3, 0.4) is 0 Å². The number of hydrogen-bond donors (Lipinski definition) is 1. The number of amidine groups is 1. The van der Waals surface area contributed by atoms with Gasteiger partial charge in [-0.3, -0.25) is 25.7 Å². The van der Waals surface area contributed by atoms with E-state index in [1.54, 1.807) is 6.07 Å². The lowest BCUT2D eigenvalue weighted by Crippen LogP contribution is -1.96. The molecule has 11 nitrogen and oxygen atoms in total. The van der Waals surface area contributed by atoms with Crippen molar-refractivity contribution in [2.24, 2.45) is 15.3 Å². The van der Waals surface area contributed by atoms with Crippen molar-refractivity contribution in [2.45, 2.75) is 0 Å². The molecule has 0 amide bonds. The Morgan fingerprint density at radius 1 is 0.960 bits per heavy atom. The van der Waals surface area contributed by atoms with Crippen molar-refractivity contribution >= 4 is 28.6 Å². The number of benzene rings is 2. The highest BCUT2D eigenvalue weighted by Gasteiger charge is 2.05. The maximum absolute atomic E-state index is 10.6. The van der Waals surface area contributed by atoms with Crippen LogP contribution in [0.5, 0.6) is 0 Å². The fourth-order valence-electron chi connectivity index (χ4n) is 1.59. The number of nitro benzene ring substituents is 2. The van der Waals surface area contributed by atoms with Gasteiger partial charge in [0.25, 0.3) is 17.2 Å². The number of azo groups is 1. The molecule has 0 saturated carbocycles. The van der Waals surface area contributed by atoms with E-state index in [9.17, 15) is 20.2 Å². The van der Waals surface area contributed by atoms with Gasteiger partial charge in [-0.15, -0.1) is 15.3 Å². The van der Waals surface area contributed by atoms with Crippen LogP contribution in [-0.4, -0.2) is 15.7 Å². The smallest absolute Gasteiger partial charge is 0.270 e. The number of anilines is 1. The minimum Gasteiger partial charge on any atom is -0.276 e. The summed E-state index contributed by atoms with van der Waals surface area (Å²) in [6.07, 6.45) is 0. The predicted octanol–water partition coefficient (Wildman–Crippen LogP) is 3.54. The van der Waals surface area contributed by atoms with E-state index in [0.717, 1.165) is 0 Å². The van der Waals surface area contributed by atoms with E-state index < -0.39 is 9.85 Å². The van der Waals surface area contributed by atoms with Gasteiger partial charge < -0.3 is 0 Å². The highest BCUT2D eigenvalue weighted by molar-refractivity contribution is 5.97. The Morgan fingerprint density at radius 3 is 1.96 bits per heavy atom. The molecule has 0 unspecified atom stereocenters. The summed E-state index contributed by atoms with van der Waals surface area (Å²) in [5.74, 6) is -0.295. The second-order valence-electron chi connectivity index (χ2n) is 4.44. The normalized spacial score (nSPS) is 11.1. The van der Waals surface area contributed by atoms with Gasteiger partial charge in [0.2, 0.25) is 0 Å². The average Bonchev–Trinajstić information content (AvgIpc) is 2.62. The third-order valence-corrected chi connectivity index (χ3v) is 2.79. The number of hydrogen-bond acceptors (Lipinski definition) is 8. The first kappa shape index (κ1) is 17.2. The molecule has 2 aromatic carbocycles. The van der Waals surface area contributed by atoms with E-state index in [1.165, 1.54) is 48.5 Å². The Morgan fingerprint density at radius 2 is 1.48 bits per heavy atom. The fourth-order valence-corrected chi connectivity index (χ4v) is 1.59. The lowest BCUT2D eigenvalue weighted by atomic mass is 10.3. The van der Waals surface area contributed by atoms with Crippen LogP contribution < -0.4 is 5.43 Å². The molecule has 25 heavy (non-hydrogen) atoms. The molecule has 0 atom stereocenters. The SMILES string of the molecule is N#CC(N=Nc1ccc([N+](=O)[O-])cc1)=NNc1ccc([N+](=O)[O-])cc1. The molecule has 2 rings (SSSR count). The fraction of sp³-hybridized carbons (Fsp3) is 0. The van der Waals surface area contributed by atoms with Gasteiger partial charge >= 0.3 is 0 Å². The van der Waals surface area contributed by atoms with Crippen molar-refractivity contribution in [1.29, 1.82) is 5.26 Å². The van der Waals surface area contributed by atoms with Gasteiger partial charge in [0.15, 0.2) is 0 Å². The van der Waals surface area contributed by atoms with Crippen LogP contribution in [0.1, 0.15) is 0 Å². The highest BCUT2D eigenvalue weighted by Crippen LogP contribution is 2.18. The minimum absolute atomic E-state index is 0.0760. The summed E-state index contributed by atoms with van der Waals surface area (Å²) in [4.78, 5) is 20.0. The van der Waals surface area contributed by atoms with E-state index >= 15 is 0 Å². The van der Waals surface area contributed by atoms with Crippen LogP contribution >= 0.6 is 0 Å². The van der Waals surface area contributed by atoms with Crippen molar-refractivity contribution in [1.82, 2.24) is 0 Å². The molecule has 0 aliphatic rings.